The third kappa shape index (κ3) is 6.13. The van der Waals surface area contributed by atoms with E-state index in [2.05, 4.69) is 25.6 Å². The Morgan fingerprint density at radius 3 is 2.58 bits per heavy atom. The number of aromatic nitrogens is 1. The molecule has 1 N–H and O–H groups in total. The van der Waals surface area contributed by atoms with E-state index in [9.17, 15) is 13.2 Å². The minimum absolute atomic E-state index is 0.0251. The Morgan fingerprint density at radius 1 is 1.13 bits per heavy atom. The van der Waals surface area contributed by atoms with Gasteiger partial charge in [0, 0.05) is 41.2 Å². The van der Waals surface area contributed by atoms with Gasteiger partial charge in [0.15, 0.2) is 0 Å². The van der Waals surface area contributed by atoms with Crippen molar-refractivity contribution in [3.8, 4) is 6.07 Å². The fourth-order valence-electron chi connectivity index (χ4n) is 2.86. The lowest BCUT2D eigenvalue weighted by atomic mass is 10.1. The van der Waals surface area contributed by atoms with Gasteiger partial charge in [0.1, 0.15) is 0 Å². The number of carbonyl (C=O) groups is 1. The first-order valence-corrected chi connectivity index (χ1v) is 11.6. The summed E-state index contributed by atoms with van der Waals surface area (Å²) < 4.78 is 28.9. The number of benzene rings is 2. The summed E-state index contributed by atoms with van der Waals surface area (Å²) in [6.07, 6.45) is 3.45. The molecule has 0 spiro atoms. The normalized spacial score (nSPS) is 10.8. The molecule has 0 aliphatic rings. The molecule has 3 rings (SSSR count). The van der Waals surface area contributed by atoms with Crippen LogP contribution < -0.4 is 4.72 Å². The molecule has 0 saturated carbocycles. The Kier molecular flexibility index (Phi) is 7.39. The lowest BCUT2D eigenvalue weighted by molar-refractivity contribution is 0.0746. The van der Waals surface area contributed by atoms with E-state index in [0.717, 1.165) is 10.0 Å². The molecule has 158 valence electrons. The topological polar surface area (TPSA) is 103 Å². The molecule has 2 aromatic carbocycles. The molecule has 0 bridgehead atoms. The number of nitrogens with zero attached hydrogens (tertiary/aromatic N) is 3. The molecule has 0 saturated heterocycles. The molecule has 3 aromatic rings. The maximum atomic E-state index is 13.1. The summed E-state index contributed by atoms with van der Waals surface area (Å²) in [6.45, 7) is 0.487. The van der Waals surface area contributed by atoms with Gasteiger partial charge in [0.05, 0.1) is 17.4 Å². The van der Waals surface area contributed by atoms with E-state index in [1.807, 2.05) is 12.1 Å². The first-order chi connectivity index (χ1) is 14.9. The Labute approximate surface area is 189 Å². The van der Waals surface area contributed by atoms with Crippen molar-refractivity contribution in [2.45, 2.75) is 17.9 Å². The number of hydrogen-bond acceptors (Lipinski definition) is 5. The van der Waals surface area contributed by atoms with E-state index < -0.39 is 10.0 Å². The highest BCUT2D eigenvalue weighted by Crippen LogP contribution is 2.20. The molecule has 7 nitrogen and oxygen atoms in total. The highest BCUT2D eigenvalue weighted by Gasteiger charge is 2.20. The van der Waals surface area contributed by atoms with Crippen molar-refractivity contribution >= 4 is 37.5 Å². The van der Waals surface area contributed by atoms with Gasteiger partial charge in [0.25, 0.3) is 15.9 Å². The molecule has 0 radical (unpaired) electrons. The van der Waals surface area contributed by atoms with Gasteiger partial charge in [-0.3, -0.25) is 14.5 Å². The number of nitriles is 1. The fourth-order valence-corrected chi connectivity index (χ4v) is 4.23. The standard InChI is InChI=1S/C22H19BrN4O3S/c23-19-7-9-20(10-8-19)26-31(29,30)21-6-1-5-18(14-21)22(28)27(13-3-11-24)16-17-4-2-12-25-15-17/h1-2,4-10,12,14-15,26H,3,13,16H2. The first-order valence-electron chi connectivity index (χ1n) is 9.32. The second-order valence-electron chi connectivity index (χ2n) is 6.64. The molecule has 0 unspecified atom stereocenters. The second kappa shape index (κ2) is 10.2. The largest absolute Gasteiger partial charge is 0.333 e. The van der Waals surface area contributed by atoms with Crippen LogP contribution in [-0.2, 0) is 16.6 Å². The number of halogens is 1. The molecule has 0 aliphatic carbocycles. The predicted octanol–water partition coefficient (Wildman–Crippen LogP) is 4.20. The minimum Gasteiger partial charge on any atom is -0.333 e. The molecule has 31 heavy (non-hydrogen) atoms. The molecule has 1 amide bonds. The number of carbonyl (C=O) groups excluding carboxylic acids is 1. The van der Waals surface area contributed by atoms with Gasteiger partial charge in [-0.1, -0.05) is 28.1 Å². The summed E-state index contributed by atoms with van der Waals surface area (Å²) in [6, 6.07) is 18.2. The summed E-state index contributed by atoms with van der Waals surface area (Å²) in [7, 11) is -3.88. The summed E-state index contributed by atoms with van der Waals surface area (Å²) in [5.74, 6) is -0.361. The third-order valence-corrected chi connectivity index (χ3v) is 6.27. The Balaban J connectivity index is 1.84. The van der Waals surface area contributed by atoms with Crippen molar-refractivity contribution in [2.75, 3.05) is 11.3 Å². The van der Waals surface area contributed by atoms with Crippen LogP contribution in [0, 0.1) is 11.3 Å². The second-order valence-corrected chi connectivity index (χ2v) is 9.23. The van der Waals surface area contributed by atoms with Crippen LogP contribution in [0.25, 0.3) is 0 Å². The Bertz CT molecular complexity index is 1190. The van der Waals surface area contributed by atoms with E-state index in [1.165, 1.54) is 23.1 Å². The van der Waals surface area contributed by atoms with Crippen molar-refractivity contribution in [3.63, 3.8) is 0 Å². The Hall–Kier alpha value is -3.22. The summed E-state index contributed by atoms with van der Waals surface area (Å²) in [5, 5.41) is 8.95. The monoisotopic (exact) mass is 498 g/mol. The predicted molar refractivity (Wildman–Crippen MR) is 121 cm³/mol. The number of anilines is 1. The van der Waals surface area contributed by atoms with Gasteiger partial charge in [-0.2, -0.15) is 5.26 Å². The van der Waals surface area contributed by atoms with Gasteiger partial charge >= 0.3 is 0 Å². The lowest BCUT2D eigenvalue weighted by Gasteiger charge is -2.22. The number of sulfonamides is 1. The van der Waals surface area contributed by atoms with E-state index in [1.54, 1.807) is 48.8 Å². The molecular weight excluding hydrogens is 480 g/mol. The molecule has 1 heterocycles. The average molecular weight is 499 g/mol. The van der Waals surface area contributed by atoms with Crippen molar-refractivity contribution in [2.24, 2.45) is 0 Å². The van der Waals surface area contributed by atoms with Crippen molar-refractivity contribution in [1.29, 1.82) is 5.26 Å². The van der Waals surface area contributed by atoms with Crippen LogP contribution >= 0.6 is 15.9 Å². The molecular formula is C22H19BrN4O3S. The summed E-state index contributed by atoms with van der Waals surface area (Å²) in [5.41, 5.74) is 1.45. The zero-order valence-electron chi connectivity index (χ0n) is 16.4. The van der Waals surface area contributed by atoms with Crippen LogP contribution in [0.3, 0.4) is 0 Å². The number of amides is 1. The molecule has 1 aromatic heterocycles. The lowest BCUT2D eigenvalue weighted by Crippen LogP contribution is -2.31. The van der Waals surface area contributed by atoms with Gasteiger partial charge in [-0.05, 0) is 54.1 Å². The van der Waals surface area contributed by atoms with Gasteiger partial charge in [-0.25, -0.2) is 8.42 Å². The highest BCUT2D eigenvalue weighted by molar-refractivity contribution is 9.10. The number of hydrogen-bond donors (Lipinski definition) is 1. The fraction of sp³-hybridized carbons (Fsp3) is 0.136. The van der Waals surface area contributed by atoms with Crippen molar-refractivity contribution in [3.05, 3.63) is 88.7 Å². The van der Waals surface area contributed by atoms with Crippen LogP contribution in [0.5, 0.6) is 0 Å². The minimum atomic E-state index is -3.88. The van der Waals surface area contributed by atoms with Gasteiger partial charge < -0.3 is 4.90 Å². The highest BCUT2D eigenvalue weighted by atomic mass is 79.9. The van der Waals surface area contributed by atoms with E-state index >= 15 is 0 Å². The van der Waals surface area contributed by atoms with Crippen LogP contribution in [0.15, 0.2) is 82.4 Å². The Morgan fingerprint density at radius 2 is 1.90 bits per heavy atom. The molecule has 0 fully saturated rings. The maximum absolute atomic E-state index is 13.1. The smallest absolute Gasteiger partial charge is 0.261 e. The molecule has 0 aliphatic heterocycles. The summed E-state index contributed by atoms with van der Waals surface area (Å²) >= 11 is 3.31. The third-order valence-electron chi connectivity index (χ3n) is 4.36. The van der Waals surface area contributed by atoms with Crippen LogP contribution in [0.2, 0.25) is 0 Å². The maximum Gasteiger partial charge on any atom is 0.261 e. The number of nitrogens with one attached hydrogen (secondary N) is 1. The summed E-state index contributed by atoms with van der Waals surface area (Å²) in [4.78, 5) is 18.6. The van der Waals surface area contributed by atoms with E-state index in [4.69, 9.17) is 5.26 Å². The van der Waals surface area contributed by atoms with Crippen molar-refractivity contribution < 1.29 is 13.2 Å². The average Bonchev–Trinajstić information content (AvgIpc) is 2.78. The number of rotatable bonds is 8. The quantitative estimate of drug-likeness (QED) is 0.501. The van der Waals surface area contributed by atoms with E-state index in [0.29, 0.717) is 5.69 Å². The zero-order chi connectivity index (χ0) is 22.3. The zero-order valence-corrected chi connectivity index (χ0v) is 18.8. The SMILES string of the molecule is N#CCCN(Cc1cccnc1)C(=O)c1cccc(S(=O)(=O)Nc2ccc(Br)cc2)c1. The number of pyridine rings is 1. The van der Waals surface area contributed by atoms with E-state index in [-0.39, 0.29) is 35.9 Å². The first kappa shape index (κ1) is 22.5. The van der Waals surface area contributed by atoms with Crippen LogP contribution in [0.1, 0.15) is 22.3 Å². The van der Waals surface area contributed by atoms with Gasteiger partial charge in [-0.15, -0.1) is 0 Å². The molecule has 9 heteroatoms. The molecule has 0 atom stereocenters. The van der Waals surface area contributed by atoms with Crippen LogP contribution in [0.4, 0.5) is 5.69 Å². The van der Waals surface area contributed by atoms with Gasteiger partial charge in [0.2, 0.25) is 0 Å². The van der Waals surface area contributed by atoms with Crippen molar-refractivity contribution in [1.82, 2.24) is 9.88 Å². The van der Waals surface area contributed by atoms with Crippen LogP contribution in [-0.4, -0.2) is 30.8 Å².